The smallest absolute Gasteiger partial charge is 0.410 e. The number of nitrogens with two attached hydrogens (primary N) is 1. The molecule has 1 aliphatic heterocycles. The van der Waals surface area contributed by atoms with Crippen LogP contribution in [0.4, 0.5) is 4.79 Å². The van der Waals surface area contributed by atoms with Crippen LogP contribution in [0, 0.1) is 17.8 Å². The van der Waals surface area contributed by atoms with Crippen LogP contribution in [0.3, 0.4) is 0 Å². The maximum absolute atomic E-state index is 12.1. The fraction of sp³-hybridized carbons (Fsp3) is 0.933. The minimum absolute atomic E-state index is 0.187. The largest absolute Gasteiger partial charge is 0.444 e. The number of carbonyl (C=O) groups is 1. The first-order valence-electron chi connectivity index (χ1n) is 7.51. The quantitative estimate of drug-likeness (QED) is 0.837. The number of carbonyl (C=O) groups excluding carboxylic acids is 1. The lowest BCUT2D eigenvalue weighted by atomic mass is 9.88. The zero-order valence-corrected chi connectivity index (χ0v) is 12.7. The van der Waals surface area contributed by atoms with Gasteiger partial charge in [0.05, 0.1) is 0 Å². The molecule has 1 saturated heterocycles. The Morgan fingerprint density at radius 1 is 1.42 bits per heavy atom. The van der Waals surface area contributed by atoms with Crippen molar-refractivity contribution in [1.82, 2.24) is 4.90 Å². The van der Waals surface area contributed by atoms with E-state index < -0.39 is 5.60 Å². The van der Waals surface area contributed by atoms with Gasteiger partial charge in [0.15, 0.2) is 0 Å². The molecule has 1 heterocycles. The Morgan fingerprint density at radius 2 is 2.05 bits per heavy atom. The van der Waals surface area contributed by atoms with Gasteiger partial charge in [-0.25, -0.2) is 4.79 Å². The van der Waals surface area contributed by atoms with Crippen molar-refractivity contribution in [3.63, 3.8) is 0 Å². The molecule has 2 rings (SSSR count). The summed E-state index contributed by atoms with van der Waals surface area (Å²) in [5.74, 6) is 1.88. The molecule has 0 bridgehead atoms. The second-order valence-electron chi connectivity index (χ2n) is 7.28. The molecule has 0 aromatic carbocycles. The lowest BCUT2D eigenvalue weighted by Gasteiger charge is -2.36. The molecule has 0 radical (unpaired) electrons. The Bertz CT molecular complexity index is 338. The monoisotopic (exact) mass is 268 g/mol. The van der Waals surface area contributed by atoms with Crippen molar-refractivity contribution in [3.05, 3.63) is 0 Å². The summed E-state index contributed by atoms with van der Waals surface area (Å²) in [5.41, 5.74) is 5.94. The SMILES string of the molecule is CC1C[C@@H]1C(N)C1CCCN(C(=O)OC(C)(C)C)C1. The highest BCUT2D eigenvalue weighted by Crippen LogP contribution is 2.43. The van der Waals surface area contributed by atoms with Gasteiger partial charge in [-0.1, -0.05) is 6.92 Å². The molecule has 2 fully saturated rings. The van der Waals surface area contributed by atoms with Crippen LogP contribution in [-0.2, 0) is 4.74 Å². The molecule has 3 unspecified atom stereocenters. The predicted molar refractivity (Wildman–Crippen MR) is 75.8 cm³/mol. The first kappa shape index (κ1) is 14.6. The first-order valence-corrected chi connectivity index (χ1v) is 7.51. The van der Waals surface area contributed by atoms with E-state index >= 15 is 0 Å². The van der Waals surface area contributed by atoms with Crippen LogP contribution >= 0.6 is 0 Å². The van der Waals surface area contributed by atoms with Crippen LogP contribution < -0.4 is 5.73 Å². The predicted octanol–water partition coefficient (Wildman–Crippen LogP) is 2.62. The normalized spacial score (nSPS) is 32.9. The average molecular weight is 268 g/mol. The number of rotatable bonds is 2. The molecule has 0 spiro atoms. The van der Waals surface area contributed by atoms with Gasteiger partial charge in [0.2, 0.25) is 0 Å². The van der Waals surface area contributed by atoms with E-state index in [9.17, 15) is 4.79 Å². The first-order chi connectivity index (χ1) is 8.78. The number of ether oxygens (including phenoxy) is 1. The molecule has 1 aliphatic carbocycles. The van der Waals surface area contributed by atoms with Gasteiger partial charge in [-0.2, -0.15) is 0 Å². The molecule has 1 saturated carbocycles. The summed E-state index contributed by atoms with van der Waals surface area (Å²) < 4.78 is 5.45. The van der Waals surface area contributed by atoms with Gasteiger partial charge in [-0.05, 0) is 57.8 Å². The summed E-state index contributed by atoms with van der Waals surface area (Å²) in [6, 6.07) is 0.250. The standard InChI is InChI=1S/C15H28N2O2/c1-10-8-12(10)13(16)11-6-5-7-17(9-11)14(18)19-15(2,3)4/h10-13H,5-9,16H2,1-4H3/t10?,11?,12-,13?/m0/s1. The van der Waals surface area contributed by atoms with E-state index in [2.05, 4.69) is 6.92 Å². The van der Waals surface area contributed by atoms with Crippen molar-refractivity contribution in [2.24, 2.45) is 23.5 Å². The molecule has 2 N–H and O–H groups in total. The highest BCUT2D eigenvalue weighted by Gasteiger charge is 2.42. The maximum Gasteiger partial charge on any atom is 0.410 e. The molecule has 4 heteroatoms. The van der Waals surface area contributed by atoms with Crippen molar-refractivity contribution in [2.75, 3.05) is 13.1 Å². The third kappa shape index (κ3) is 3.85. The fourth-order valence-corrected chi connectivity index (χ4v) is 3.05. The van der Waals surface area contributed by atoms with Crippen molar-refractivity contribution < 1.29 is 9.53 Å². The third-order valence-electron chi connectivity index (χ3n) is 4.32. The highest BCUT2D eigenvalue weighted by molar-refractivity contribution is 5.68. The summed E-state index contributed by atoms with van der Waals surface area (Å²) in [6.45, 7) is 9.55. The molecule has 110 valence electrons. The van der Waals surface area contributed by atoms with Gasteiger partial charge in [0, 0.05) is 19.1 Å². The van der Waals surface area contributed by atoms with Crippen LogP contribution in [0.2, 0.25) is 0 Å². The summed E-state index contributed by atoms with van der Waals surface area (Å²) in [4.78, 5) is 13.9. The second-order valence-corrected chi connectivity index (χ2v) is 7.28. The third-order valence-corrected chi connectivity index (χ3v) is 4.32. The van der Waals surface area contributed by atoms with E-state index in [0.29, 0.717) is 11.8 Å². The molecular weight excluding hydrogens is 240 g/mol. The molecule has 19 heavy (non-hydrogen) atoms. The Morgan fingerprint density at radius 3 is 2.58 bits per heavy atom. The lowest BCUT2D eigenvalue weighted by molar-refractivity contribution is 0.0147. The summed E-state index contributed by atoms with van der Waals surface area (Å²) >= 11 is 0. The van der Waals surface area contributed by atoms with Crippen molar-refractivity contribution >= 4 is 6.09 Å². The van der Waals surface area contributed by atoms with E-state index in [1.165, 1.54) is 6.42 Å². The van der Waals surface area contributed by atoms with E-state index in [4.69, 9.17) is 10.5 Å². The fourth-order valence-electron chi connectivity index (χ4n) is 3.05. The van der Waals surface area contributed by atoms with Gasteiger partial charge in [-0.3, -0.25) is 0 Å². The van der Waals surface area contributed by atoms with Gasteiger partial charge < -0.3 is 15.4 Å². The Labute approximate surface area is 116 Å². The Balaban J connectivity index is 1.88. The van der Waals surface area contributed by atoms with E-state index in [-0.39, 0.29) is 12.1 Å². The number of amides is 1. The van der Waals surface area contributed by atoms with Gasteiger partial charge >= 0.3 is 6.09 Å². The van der Waals surface area contributed by atoms with Crippen LogP contribution in [-0.4, -0.2) is 35.7 Å². The molecule has 1 amide bonds. The van der Waals surface area contributed by atoms with E-state index in [1.54, 1.807) is 0 Å². The Hall–Kier alpha value is -0.770. The number of piperidine rings is 1. The number of hydrogen-bond acceptors (Lipinski definition) is 3. The van der Waals surface area contributed by atoms with Gasteiger partial charge in [-0.15, -0.1) is 0 Å². The van der Waals surface area contributed by atoms with Crippen LogP contribution in [0.25, 0.3) is 0 Å². The number of likely N-dealkylation sites (tertiary alicyclic amines) is 1. The van der Waals surface area contributed by atoms with Crippen LogP contribution in [0.15, 0.2) is 0 Å². The minimum Gasteiger partial charge on any atom is -0.444 e. The molecule has 0 aromatic rings. The van der Waals surface area contributed by atoms with Crippen LogP contribution in [0.1, 0.15) is 47.0 Å². The van der Waals surface area contributed by atoms with Crippen LogP contribution in [0.5, 0.6) is 0 Å². The molecule has 4 nitrogen and oxygen atoms in total. The minimum atomic E-state index is -0.419. The lowest BCUT2D eigenvalue weighted by Crippen LogP contribution is -2.48. The number of nitrogens with zero attached hydrogens (tertiary/aromatic N) is 1. The summed E-state index contributed by atoms with van der Waals surface area (Å²) in [5, 5.41) is 0. The topological polar surface area (TPSA) is 55.6 Å². The summed E-state index contributed by atoms with van der Waals surface area (Å²) in [7, 11) is 0. The Kier molecular flexibility index (Phi) is 4.09. The zero-order chi connectivity index (χ0) is 14.2. The average Bonchev–Trinajstić information content (AvgIpc) is 3.03. The molecule has 4 atom stereocenters. The number of hydrogen-bond donors (Lipinski definition) is 1. The van der Waals surface area contributed by atoms with E-state index in [1.807, 2.05) is 25.7 Å². The van der Waals surface area contributed by atoms with Crippen molar-refractivity contribution in [1.29, 1.82) is 0 Å². The molecular formula is C15H28N2O2. The van der Waals surface area contributed by atoms with E-state index in [0.717, 1.165) is 31.8 Å². The van der Waals surface area contributed by atoms with Gasteiger partial charge in [0.25, 0.3) is 0 Å². The molecule has 2 aliphatic rings. The summed E-state index contributed by atoms with van der Waals surface area (Å²) in [6.07, 6.45) is 3.25. The highest BCUT2D eigenvalue weighted by atomic mass is 16.6. The molecule has 0 aromatic heterocycles. The zero-order valence-electron chi connectivity index (χ0n) is 12.7. The maximum atomic E-state index is 12.1. The second kappa shape index (κ2) is 5.31. The van der Waals surface area contributed by atoms with Gasteiger partial charge in [0.1, 0.15) is 5.60 Å². The van der Waals surface area contributed by atoms with Crippen molar-refractivity contribution in [2.45, 2.75) is 58.6 Å². The van der Waals surface area contributed by atoms with Crippen molar-refractivity contribution in [3.8, 4) is 0 Å².